The Labute approximate surface area is 156 Å². The second kappa shape index (κ2) is 6.28. The quantitative estimate of drug-likeness (QED) is 0.863. The molecule has 3 atom stereocenters. The summed E-state index contributed by atoms with van der Waals surface area (Å²) in [6.07, 6.45) is 0. The number of nitrogens with zero attached hydrogens (tertiary/aromatic N) is 2. The third-order valence-corrected chi connectivity index (χ3v) is 5.97. The van der Waals surface area contributed by atoms with Crippen LogP contribution in [0.2, 0.25) is 0 Å². The van der Waals surface area contributed by atoms with Crippen LogP contribution in [0.5, 0.6) is 0 Å². The predicted molar refractivity (Wildman–Crippen MR) is 99.3 cm³/mol. The van der Waals surface area contributed by atoms with Crippen LogP contribution in [0.1, 0.15) is 0 Å². The minimum absolute atomic E-state index is 0.00929. The molecule has 3 heterocycles. The van der Waals surface area contributed by atoms with E-state index in [4.69, 9.17) is 10.5 Å². The lowest BCUT2D eigenvalue weighted by Gasteiger charge is -2.35. The predicted octanol–water partition coefficient (Wildman–Crippen LogP) is 1.98. The maximum atomic E-state index is 13.1. The lowest BCUT2D eigenvalue weighted by atomic mass is 10.1. The molecule has 1 aromatic carbocycles. The minimum Gasteiger partial charge on any atom is -0.396 e. The Bertz CT molecular complexity index is 872. The molecule has 7 heteroatoms. The maximum absolute atomic E-state index is 13.1. The lowest BCUT2D eigenvalue weighted by Crippen LogP contribution is -2.49. The first-order valence-corrected chi connectivity index (χ1v) is 9.25. The molecule has 0 spiro atoms. The summed E-state index contributed by atoms with van der Waals surface area (Å²) in [5, 5.41) is 2.90. The Balaban J connectivity index is 1.26. The van der Waals surface area contributed by atoms with Gasteiger partial charge in [-0.3, -0.25) is 9.69 Å². The van der Waals surface area contributed by atoms with E-state index in [0.717, 1.165) is 31.9 Å². The third kappa shape index (κ3) is 2.96. The van der Waals surface area contributed by atoms with Gasteiger partial charge in [0.25, 0.3) is 0 Å². The maximum Gasteiger partial charge on any atom is 0.229 e. The van der Waals surface area contributed by atoms with Gasteiger partial charge in [0.1, 0.15) is 5.82 Å². The average molecular weight is 368 g/mol. The van der Waals surface area contributed by atoms with Gasteiger partial charge in [-0.05, 0) is 48.2 Å². The fourth-order valence-electron chi connectivity index (χ4n) is 4.23. The van der Waals surface area contributed by atoms with Crippen LogP contribution in [0.4, 0.5) is 15.9 Å². The molecule has 2 aliphatic heterocycles. The van der Waals surface area contributed by atoms with Crippen molar-refractivity contribution in [3.05, 3.63) is 42.2 Å². The normalized spacial score (nSPS) is 27.1. The summed E-state index contributed by atoms with van der Waals surface area (Å²) >= 11 is 0. The van der Waals surface area contributed by atoms with Crippen molar-refractivity contribution in [1.82, 2.24) is 9.88 Å². The van der Waals surface area contributed by atoms with Crippen molar-refractivity contribution in [3.63, 3.8) is 0 Å². The number of benzene rings is 1. The molecule has 5 rings (SSSR count). The van der Waals surface area contributed by atoms with Gasteiger partial charge in [0, 0.05) is 24.6 Å². The Morgan fingerprint density at radius 3 is 2.48 bits per heavy atom. The monoisotopic (exact) mass is 368 g/mol. The average Bonchev–Trinajstić information content (AvgIpc) is 3.12. The van der Waals surface area contributed by atoms with E-state index in [1.807, 2.05) is 0 Å². The van der Waals surface area contributed by atoms with Crippen molar-refractivity contribution in [1.29, 1.82) is 0 Å². The first-order valence-electron chi connectivity index (χ1n) is 9.25. The highest BCUT2D eigenvalue weighted by atomic mass is 19.1. The number of anilines is 2. The lowest BCUT2D eigenvalue weighted by molar-refractivity contribution is -0.118. The summed E-state index contributed by atoms with van der Waals surface area (Å²) in [6.45, 7) is 3.56. The molecule has 3 fully saturated rings. The zero-order chi connectivity index (χ0) is 18.5. The van der Waals surface area contributed by atoms with Gasteiger partial charge in [-0.25, -0.2) is 9.37 Å². The number of carbonyl (C=O) groups excluding carboxylic acids is 1. The number of piperidine rings is 1. The molecular weight excluding hydrogens is 347 g/mol. The van der Waals surface area contributed by atoms with Crippen molar-refractivity contribution >= 4 is 17.4 Å². The number of pyridine rings is 1. The number of amides is 1. The molecule has 0 bridgehead atoms. The van der Waals surface area contributed by atoms with Crippen LogP contribution in [-0.2, 0) is 9.53 Å². The van der Waals surface area contributed by atoms with Crippen LogP contribution in [-0.4, -0.2) is 48.1 Å². The summed E-state index contributed by atoms with van der Waals surface area (Å²) in [5.41, 5.74) is 7.85. The highest BCUT2D eigenvalue weighted by molar-refractivity contribution is 5.96. The fourth-order valence-corrected chi connectivity index (χ4v) is 4.23. The molecule has 1 aromatic heterocycles. The Kier molecular flexibility index (Phi) is 3.87. The van der Waals surface area contributed by atoms with E-state index in [2.05, 4.69) is 15.2 Å². The van der Waals surface area contributed by atoms with E-state index in [1.54, 1.807) is 24.3 Å². The molecule has 1 unspecified atom stereocenters. The topological polar surface area (TPSA) is 80.5 Å². The standard InChI is InChI=1S/C20H21FN4O2/c21-12-3-1-11(2-4-12)17-6-5-16(22)19(23-17)24-20(26)18-14-7-25(8-15(14)18)13-9-27-10-13/h1-6,13-15,18H,7-10,22H2,(H,23,24,26)/t14-,15?,18+/m1/s1. The van der Waals surface area contributed by atoms with E-state index in [0.29, 0.717) is 35.1 Å². The van der Waals surface area contributed by atoms with Crippen molar-refractivity contribution in [2.45, 2.75) is 6.04 Å². The molecular formula is C20H21FN4O2. The number of ether oxygens (including phenoxy) is 1. The number of nitrogen functional groups attached to an aromatic ring is 1. The molecule has 3 aliphatic rings. The summed E-state index contributed by atoms with van der Waals surface area (Å²) < 4.78 is 18.4. The van der Waals surface area contributed by atoms with Gasteiger partial charge in [0.2, 0.25) is 5.91 Å². The molecule has 140 valence electrons. The fraction of sp³-hybridized carbons (Fsp3) is 0.400. The smallest absolute Gasteiger partial charge is 0.229 e. The molecule has 1 amide bonds. The highest BCUT2D eigenvalue weighted by Gasteiger charge is 2.60. The number of halogens is 1. The molecule has 6 nitrogen and oxygen atoms in total. The van der Waals surface area contributed by atoms with E-state index in [-0.39, 0.29) is 17.6 Å². The number of hydrogen-bond acceptors (Lipinski definition) is 5. The van der Waals surface area contributed by atoms with Crippen LogP contribution in [0, 0.1) is 23.6 Å². The highest BCUT2D eigenvalue weighted by Crippen LogP contribution is 2.53. The number of nitrogens with one attached hydrogen (secondary N) is 1. The first-order chi connectivity index (χ1) is 13.1. The number of rotatable bonds is 4. The van der Waals surface area contributed by atoms with Gasteiger partial charge in [0.05, 0.1) is 30.6 Å². The van der Waals surface area contributed by atoms with Gasteiger partial charge in [-0.1, -0.05) is 0 Å². The molecule has 1 aliphatic carbocycles. The number of aromatic nitrogens is 1. The van der Waals surface area contributed by atoms with Crippen molar-refractivity contribution in [2.24, 2.45) is 17.8 Å². The van der Waals surface area contributed by atoms with Crippen molar-refractivity contribution in [3.8, 4) is 11.3 Å². The van der Waals surface area contributed by atoms with Gasteiger partial charge in [0.15, 0.2) is 5.82 Å². The largest absolute Gasteiger partial charge is 0.396 e. The Morgan fingerprint density at radius 1 is 1.15 bits per heavy atom. The Hall–Kier alpha value is -2.51. The molecule has 3 N–H and O–H groups in total. The number of likely N-dealkylation sites (tertiary alicyclic amines) is 1. The molecule has 0 radical (unpaired) electrons. The third-order valence-electron chi connectivity index (χ3n) is 5.97. The van der Waals surface area contributed by atoms with E-state index >= 15 is 0 Å². The summed E-state index contributed by atoms with van der Waals surface area (Å²) in [7, 11) is 0. The van der Waals surface area contributed by atoms with Crippen LogP contribution in [0.25, 0.3) is 11.3 Å². The summed E-state index contributed by atoms with van der Waals surface area (Å²) in [6, 6.07) is 10.1. The summed E-state index contributed by atoms with van der Waals surface area (Å²) in [4.78, 5) is 19.6. The molecule has 2 saturated heterocycles. The van der Waals surface area contributed by atoms with Crippen LogP contribution in [0.15, 0.2) is 36.4 Å². The number of fused-ring (bicyclic) bond motifs is 1. The van der Waals surface area contributed by atoms with Crippen LogP contribution in [0.3, 0.4) is 0 Å². The number of nitrogens with two attached hydrogens (primary N) is 1. The molecule has 1 saturated carbocycles. The van der Waals surface area contributed by atoms with Crippen molar-refractivity contribution < 1.29 is 13.9 Å². The molecule has 27 heavy (non-hydrogen) atoms. The van der Waals surface area contributed by atoms with Gasteiger partial charge in [-0.2, -0.15) is 0 Å². The van der Waals surface area contributed by atoms with Gasteiger partial charge >= 0.3 is 0 Å². The second-order valence-corrected chi connectivity index (χ2v) is 7.63. The zero-order valence-electron chi connectivity index (χ0n) is 14.8. The van der Waals surface area contributed by atoms with Gasteiger partial charge in [-0.15, -0.1) is 0 Å². The van der Waals surface area contributed by atoms with Crippen molar-refractivity contribution in [2.75, 3.05) is 37.4 Å². The van der Waals surface area contributed by atoms with E-state index in [9.17, 15) is 9.18 Å². The van der Waals surface area contributed by atoms with Gasteiger partial charge < -0.3 is 15.8 Å². The second-order valence-electron chi connectivity index (χ2n) is 7.63. The van der Waals surface area contributed by atoms with Crippen LogP contribution >= 0.6 is 0 Å². The summed E-state index contributed by atoms with van der Waals surface area (Å²) in [5.74, 6) is 0.948. The number of hydrogen-bond donors (Lipinski definition) is 2. The minimum atomic E-state index is -0.300. The van der Waals surface area contributed by atoms with Crippen LogP contribution < -0.4 is 11.1 Å². The van der Waals surface area contributed by atoms with E-state index in [1.165, 1.54) is 12.1 Å². The SMILES string of the molecule is Nc1ccc(-c2ccc(F)cc2)nc1NC(=O)[C@@H]1C2CN(C3COC3)C[C@H]21. The first kappa shape index (κ1) is 16.6. The van der Waals surface area contributed by atoms with E-state index < -0.39 is 0 Å². The zero-order valence-corrected chi connectivity index (χ0v) is 14.8. The molecule has 2 aromatic rings. The number of carbonyl (C=O) groups is 1. The Morgan fingerprint density at radius 2 is 1.85 bits per heavy atom.